The molecule has 31 heavy (non-hydrogen) atoms. The highest BCUT2D eigenvalue weighted by Crippen LogP contribution is 2.39. The molecule has 0 aromatic heterocycles. The molecule has 0 atom stereocenters. The first-order valence-corrected chi connectivity index (χ1v) is 11.0. The van der Waals surface area contributed by atoms with E-state index in [0.29, 0.717) is 39.4 Å². The number of carboxylic acids is 1. The molecule has 1 N–H and O–H groups in total. The van der Waals surface area contributed by atoms with Crippen LogP contribution in [-0.4, -0.2) is 40.8 Å². The molecule has 2 aromatic carbocycles. The quantitative estimate of drug-likeness (QED) is 0.493. The number of carboxylic acid groups (broad SMARTS) is 1. The van der Waals surface area contributed by atoms with Crippen molar-refractivity contribution in [2.75, 3.05) is 13.7 Å². The summed E-state index contributed by atoms with van der Waals surface area (Å²) >= 11 is 4.40. The largest absolute Gasteiger partial charge is 0.493 e. The van der Waals surface area contributed by atoms with Crippen molar-refractivity contribution in [3.05, 3.63) is 62.5 Å². The monoisotopic (exact) mass is 505 g/mol. The van der Waals surface area contributed by atoms with Crippen LogP contribution in [0.25, 0.3) is 6.08 Å². The zero-order chi connectivity index (χ0) is 22.5. The van der Waals surface area contributed by atoms with Gasteiger partial charge in [0.2, 0.25) is 0 Å². The van der Waals surface area contributed by atoms with Crippen LogP contribution in [0.5, 0.6) is 11.5 Å². The molecule has 9 heteroatoms. The Morgan fingerprint density at radius 1 is 1.23 bits per heavy atom. The lowest BCUT2D eigenvalue weighted by atomic mass is 10.1. The number of hydrogen-bond acceptors (Lipinski definition) is 6. The molecule has 0 aliphatic carbocycles. The third kappa shape index (κ3) is 5.29. The fraction of sp³-hybridized carbons (Fsp3) is 0.227. The van der Waals surface area contributed by atoms with Gasteiger partial charge in [-0.05, 0) is 75.6 Å². The molecule has 1 aliphatic rings. The number of halogens is 1. The highest BCUT2D eigenvalue weighted by atomic mass is 79.9. The smallest absolute Gasteiger partial charge is 0.335 e. The summed E-state index contributed by atoms with van der Waals surface area (Å²) in [5, 5.41) is 8.72. The molecule has 2 aromatic rings. The van der Waals surface area contributed by atoms with Crippen molar-refractivity contribution >= 4 is 50.9 Å². The molecule has 0 bridgehead atoms. The van der Waals surface area contributed by atoms with E-state index < -0.39 is 5.97 Å². The summed E-state index contributed by atoms with van der Waals surface area (Å²) in [4.78, 5) is 37.1. The molecule has 0 radical (unpaired) electrons. The molecule has 0 unspecified atom stereocenters. The molecular formula is C22H20BrNO6S. The van der Waals surface area contributed by atoms with E-state index in [0.717, 1.165) is 17.3 Å². The number of amides is 2. The van der Waals surface area contributed by atoms with Crippen LogP contribution in [0.3, 0.4) is 0 Å². The van der Waals surface area contributed by atoms with E-state index in [2.05, 4.69) is 15.9 Å². The fourth-order valence-electron chi connectivity index (χ4n) is 2.93. The summed E-state index contributed by atoms with van der Waals surface area (Å²) in [6.45, 7) is 2.52. The number of carbonyl (C=O) groups excluding carboxylic acids is 2. The first-order chi connectivity index (χ1) is 14.8. The zero-order valence-corrected chi connectivity index (χ0v) is 19.3. The first-order valence-electron chi connectivity index (χ1n) is 9.42. The second-order valence-electron chi connectivity index (χ2n) is 6.66. The molecule has 162 valence electrons. The molecule has 1 saturated heterocycles. The minimum atomic E-state index is -0.986. The van der Waals surface area contributed by atoms with Crippen molar-refractivity contribution in [3.63, 3.8) is 0 Å². The lowest BCUT2D eigenvalue weighted by Crippen LogP contribution is -2.28. The summed E-state index contributed by atoms with van der Waals surface area (Å²) in [5.41, 5.74) is 1.69. The third-order valence-corrected chi connectivity index (χ3v) is 5.95. The van der Waals surface area contributed by atoms with E-state index in [1.54, 1.807) is 30.3 Å². The Kier molecular flexibility index (Phi) is 7.40. The summed E-state index contributed by atoms with van der Waals surface area (Å²) < 4.78 is 11.9. The van der Waals surface area contributed by atoms with E-state index in [1.807, 2.05) is 6.92 Å². The Bertz CT molecular complexity index is 1050. The van der Waals surface area contributed by atoms with E-state index in [-0.39, 0.29) is 23.3 Å². The Morgan fingerprint density at radius 2 is 1.94 bits per heavy atom. The van der Waals surface area contributed by atoms with Gasteiger partial charge in [0.1, 0.15) is 6.61 Å². The fourth-order valence-corrected chi connectivity index (χ4v) is 4.37. The lowest BCUT2D eigenvalue weighted by molar-refractivity contribution is -0.122. The molecule has 1 fully saturated rings. The SMILES string of the molecule is CCCN1C(=O)S/C(=C/c2cc(Br)c(OCc3ccc(C(=O)O)cc3)c(OC)c2)C1=O. The number of benzene rings is 2. The summed E-state index contributed by atoms with van der Waals surface area (Å²) in [7, 11) is 1.51. The van der Waals surface area contributed by atoms with Crippen LogP contribution in [0.4, 0.5) is 4.79 Å². The number of rotatable bonds is 8. The second kappa shape index (κ2) is 10.0. The number of hydrogen-bond donors (Lipinski definition) is 1. The van der Waals surface area contributed by atoms with Crippen molar-refractivity contribution in [3.8, 4) is 11.5 Å². The van der Waals surface area contributed by atoms with Gasteiger partial charge in [0, 0.05) is 6.54 Å². The molecule has 7 nitrogen and oxygen atoms in total. The average molecular weight is 506 g/mol. The Morgan fingerprint density at radius 3 is 2.55 bits per heavy atom. The van der Waals surface area contributed by atoms with Gasteiger partial charge in [0.15, 0.2) is 11.5 Å². The normalized spacial score (nSPS) is 14.9. The van der Waals surface area contributed by atoms with Crippen molar-refractivity contribution in [2.45, 2.75) is 20.0 Å². The van der Waals surface area contributed by atoms with Gasteiger partial charge in [0.25, 0.3) is 11.1 Å². The van der Waals surface area contributed by atoms with Gasteiger partial charge in [-0.2, -0.15) is 0 Å². The first kappa shape index (κ1) is 22.9. The van der Waals surface area contributed by atoms with Crippen molar-refractivity contribution < 1.29 is 29.0 Å². The maximum absolute atomic E-state index is 12.5. The summed E-state index contributed by atoms with van der Waals surface area (Å²) in [5.74, 6) is -0.353. The predicted molar refractivity (Wildman–Crippen MR) is 121 cm³/mol. The number of carbonyl (C=O) groups is 3. The number of thioether (sulfide) groups is 1. The minimum Gasteiger partial charge on any atom is -0.493 e. The summed E-state index contributed by atoms with van der Waals surface area (Å²) in [6, 6.07) is 9.90. The zero-order valence-electron chi connectivity index (χ0n) is 16.9. The summed E-state index contributed by atoms with van der Waals surface area (Å²) in [6.07, 6.45) is 2.36. The maximum Gasteiger partial charge on any atom is 0.335 e. The van der Waals surface area contributed by atoms with Crippen molar-refractivity contribution in [2.24, 2.45) is 0 Å². The molecule has 1 aliphatic heterocycles. The van der Waals surface area contributed by atoms with Crippen molar-refractivity contribution in [1.82, 2.24) is 4.90 Å². The molecular weight excluding hydrogens is 486 g/mol. The molecule has 0 saturated carbocycles. The van der Waals surface area contributed by atoms with E-state index in [1.165, 1.54) is 24.1 Å². The predicted octanol–water partition coefficient (Wildman–Crippen LogP) is 5.18. The number of aromatic carboxylic acids is 1. The Hall–Kier alpha value is -2.78. The molecule has 1 heterocycles. The van der Waals surface area contributed by atoms with Gasteiger partial charge in [-0.15, -0.1) is 0 Å². The topological polar surface area (TPSA) is 93.1 Å². The third-order valence-electron chi connectivity index (χ3n) is 4.45. The van der Waals surface area contributed by atoms with Gasteiger partial charge < -0.3 is 14.6 Å². The van der Waals surface area contributed by atoms with Crippen LogP contribution in [0, 0.1) is 0 Å². The number of ether oxygens (including phenoxy) is 2. The lowest BCUT2D eigenvalue weighted by Gasteiger charge is -2.14. The standard InChI is InChI=1S/C22H20BrNO6S/c1-3-8-24-20(25)18(31-22(24)28)11-14-9-16(23)19(17(10-14)29-2)30-12-13-4-6-15(7-5-13)21(26)27/h4-7,9-11H,3,8,12H2,1-2H3,(H,26,27)/b18-11+. The maximum atomic E-state index is 12.5. The van der Waals surface area contributed by atoms with Gasteiger partial charge in [-0.1, -0.05) is 19.1 Å². The van der Waals surface area contributed by atoms with Gasteiger partial charge in [0.05, 0.1) is 22.1 Å². The number of methoxy groups -OCH3 is 1. The van der Waals surface area contributed by atoms with Crippen LogP contribution in [-0.2, 0) is 11.4 Å². The van der Waals surface area contributed by atoms with Gasteiger partial charge in [-0.25, -0.2) is 4.79 Å². The van der Waals surface area contributed by atoms with Crippen LogP contribution in [0.15, 0.2) is 45.8 Å². The van der Waals surface area contributed by atoms with Crippen LogP contribution in [0.1, 0.15) is 34.8 Å². The van der Waals surface area contributed by atoms with Crippen LogP contribution in [0.2, 0.25) is 0 Å². The Labute approximate surface area is 192 Å². The van der Waals surface area contributed by atoms with Crippen LogP contribution >= 0.6 is 27.7 Å². The van der Waals surface area contributed by atoms with E-state index >= 15 is 0 Å². The molecule has 2 amide bonds. The Balaban J connectivity index is 1.79. The second-order valence-corrected chi connectivity index (χ2v) is 8.51. The van der Waals surface area contributed by atoms with Crippen molar-refractivity contribution in [1.29, 1.82) is 0 Å². The van der Waals surface area contributed by atoms with Gasteiger partial charge in [-0.3, -0.25) is 14.5 Å². The number of imide groups is 1. The van der Waals surface area contributed by atoms with Gasteiger partial charge >= 0.3 is 5.97 Å². The molecule has 0 spiro atoms. The highest BCUT2D eigenvalue weighted by molar-refractivity contribution is 9.10. The number of nitrogens with zero attached hydrogens (tertiary/aromatic N) is 1. The van der Waals surface area contributed by atoms with E-state index in [4.69, 9.17) is 14.6 Å². The average Bonchev–Trinajstić information content (AvgIpc) is 3.00. The highest BCUT2D eigenvalue weighted by Gasteiger charge is 2.34. The minimum absolute atomic E-state index is 0.204. The van der Waals surface area contributed by atoms with Crippen LogP contribution < -0.4 is 9.47 Å². The van der Waals surface area contributed by atoms with E-state index in [9.17, 15) is 14.4 Å². The molecule has 3 rings (SSSR count).